The second kappa shape index (κ2) is 5.74. The molecule has 2 aliphatic heterocycles. The molecule has 0 saturated carbocycles. The molecule has 3 heteroatoms. The van der Waals surface area contributed by atoms with E-state index in [-0.39, 0.29) is 6.10 Å². The Kier molecular flexibility index (Phi) is 3.99. The van der Waals surface area contributed by atoms with Gasteiger partial charge in [0, 0.05) is 24.8 Å². The van der Waals surface area contributed by atoms with Gasteiger partial charge in [0.05, 0.1) is 6.10 Å². The van der Waals surface area contributed by atoms with Gasteiger partial charge in [-0.15, -0.1) is 0 Å². The van der Waals surface area contributed by atoms with Gasteiger partial charge in [-0.3, -0.25) is 0 Å². The van der Waals surface area contributed by atoms with Crippen LogP contribution in [0.1, 0.15) is 37.9 Å². The zero-order valence-corrected chi connectivity index (χ0v) is 12.6. The maximum absolute atomic E-state index is 9.59. The predicted molar refractivity (Wildman–Crippen MR) is 83.0 cm³/mol. The second-order valence-electron chi connectivity index (χ2n) is 6.45. The van der Waals surface area contributed by atoms with Crippen molar-refractivity contribution < 1.29 is 5.11 Å². The smallest absolute Gasteiger partial charge is 0.0761 e. The lowest BCUT2D eigenvalue weighted by molar-refractivity contribution is 0.102. The number of aliphatic hydroxyl groups excluding tert-OH is 1. The average Bonchev–Trinajstić information content (AvgIpc) is 2.47. The third-order valence-corrected chi connectivity index (χ3v) is 5.09. The van der Waals surface area contributed by atoms with Crippen LogP contribution in [0.4, 0.5) is 5.69 Å². The molecule has 110 valence electrons. The molecule has 2 heterocycles. The van der Waals surface area contributed by atoms with Crippen LogP contribution >= 0.6 is 0 Å². The molecule has 2 aliphatic rings. The second-order valence-corrected chi connectivity index (χ2v) is 6.45. The van der Waals surface area contributed by atoms with Gasteiger partial charge in [0.25, 0.3) is 0 Å². The van der Waals surface area contributed by atoms with Crippen molar-refractivity contribution in [3.63, 3.8) is 0 Å². The molecule has 2 unspecified atom stereocenters. The Morgan fingerprint density at radius 3 is 2.60 bits per heavy atom. The third-order valence-electron chi connectivity index (χ3n) is 5.09. The summed E-state index contributed by atoms with van der Waals surface area (Å²) in [6.07, 6.45) is 3.62. The van der Waals surface area contributed by atoms with Crippen LogP contribution in [0.3, 0.4) is 0 Å². The molecule has 20 heavy (non-hydrogen) atoms. The number of fused-ring (bicyclic) bond motifs is 1. The summed E-state index contributed by atoms with van der Waals surface area (Å²) in [4.78, 5) is 5.08. The zero-order valence-electron chi connectivity index (χ0n) is 12.6. The number of rotatable bonds is 2. The molecule has 1 N–H and O–H groups in total. The molecule has 0 radical (unpaired) electrons. The minimum absolute atomic E-state index is 0.373. The van der Waals surface area contributed by atoms with E-state index in [2.05, 4.69) is 41.1 Å². The fraction of sp³-hybridized carbons (Fsp3) is 0.647. The first-order chi connectivity index (χ1) is 9.65. The number of likely N-dealkylation sites (tertiary alicyclic amines) is 1. The minimum atomic E-state index is -0.373. The third kappa shape index (κ3) is 2.70. The van der Waals surface area contributed by atoms with Gasteiger partial charge < -0.3 is 14.9 Å². The van der Waals surface area contributed by atoms with Gasteiger partial charge in [0.15, 0.2) is 0 Å². The molecule has 3 nitrogen and oxygen atoms in total. The summed E-state index contributed by atoms with van der Waals surface area (Å²) in [6, 6.07) is 9.22. The summed E-state index contributed by atoms with van der Waals surface area (Å²) in [5.41, 5.74) is 2.31. The highest BCUT2D eigenvalue weighted by Crippen LogP contribution is 2.32. The van der Waals surface area contributed by atoms with Crippen LogP contribution in [0.15, 0.2) is 24.3 Å². The fourth-order valence-electron chi connectivity index (χ4n) is 3.85. The molecule has 0 spiro atoms. The van der Waals surface area contributed by atoms with E-state index in [1.807, 2.05) is 6.92 Å². The van der Waals surface area contributed by atoms with Crippen molar-refractivity contribution in [2.45, 2.75) is 38.3 Å². The number of hydrogen-bond acceptors (Lipinski definition) is 3. The Labute approximate surface area is 122 Å². The Morgan fingerprint density at radius 1 is 1.15 bits per heavy atom. The molecule has 3 rings (SSSR count). The van der Waals surface area contributed by atoms with Crippen molar-refractivity contribution in [3.8, 4) is 0 Å². The monoisotopic (exact) mass is 274 g/mol. The van der Waals surface area contributed by atoms with E-state index in [1.54, 1.807) is 0 Å². The normalized spacial score (nSPS) is 29.1. The quantitative estimate of drug-likeness (QED) is 0.898. The number of hydrogen-bond donors (Lipinski definition) is 1. The Bertz CT molecular complexity index is 443. The van der Waals surface area contributed by atoms with Gasteiger partial charge in [0.1, 0.15) is 0 Å². The van der Waals surface area contributed by atoms with E-state index in [9.17, 15) is 5.11 Å². The molecule has 2 saturated heterocycles. The molecule has 0 aliphatic carbocycles. The Hall–Kier alpha value is -1.06. The molecular formula is C17H26N2O. The molecule has 0 amide bonds. The number of benzene rings is 1. The first-order valence-electron chi connectivity index (χ1n) is 7.88. The van der Waals surface area contributed by atoms with Crippen LogP contribution in [0.5, 0.6) is 0 Å². The Balaban J connectivity index is 1.69. The van der Waals surface area contributed by atoms with Gasteiger partial charge in [-0.2, -0.15) is 0 Å². The minimum Gasteiger partial charge on any atom is -0.389 e. The highest BCUT2D eigenvalue weighted by Gasteiger charge is 2.34. The first kappa shape index (κ1) is 13.9. The highest BCUT2D eigenvalue weighted by atomic mass is 16.3. The molecule has 2 fully saturated rings. The lowest BCUT2D eigenvalue weighted by atomic mass is 9.84. The number of aliphatic hydroxyl groups is 1. The van der Waals surface area contributed by atoms with Crippen molar-refractivity contribution in [1.82, 2.24) is 4.90 Å². The van der Waals surface area contributed by atoms with Crippen molar-refractivity contribution >= 4 is 5.69 Å². The van der Waals surface area contributed by atoms with Crippen LogP contribution in [-0.2, 0) is 0 Å². The fourth-order valence-corrected chi connectivity index (χ4v) is 3.85. The van der Waals surface area contributed by atoms with Gasteiger partial charge >= 0.3 is 0 Å². The van der Waals surface area contributed by atoms with Gasteiger partial charge in [-0.25, -0.2) is 0 Å². The van der Waals surface area contributed by atoms with Crippen LogP contribution in [0.25, 0.3) is 0 Å². The van der Waals surface area contributed by atoms with Gasteiger partial charge in [-0.05, 0) is 63.4 Å². The Morgan fingerprint density at radius 2 is 1.90 bits per heavy atom. The average molecular weight is 274 g/mol. The van der Waals surface area contributed by atoms with Crippen molar-refractivity contribution in [3.05, 3.63) is 29.8 Å². The lowest BCUT2D eigenvalue weighted by Gasteiger charge is -2.46. The maximum atomic E-state index is 9.59. The summed E-state index contributed by atoms with van der Waals surface area (Å²) in [7, 11) is 2.28. The van der Waals surface area contributed by atoms with Crippen molar-refractivity contribution in [2.75, 3.05) is 31.6 Å². The number of piperidine rings is 2. The molecule has 0 bridgehead atoms. The van der Waals surface area contributed by atoms with Crippen molar-refractivity contribution in [2.24, 2.45) is 5.92 Å². The first-order valence-corrected chi connectivity index (χ1v) is 7.88. The van der Waals surface area contributed by atoms with E-state index in [4.69, 9.17) is 0 Å². The van der Waals surface area contributed by atoms with E-state index in [0.717, 1.165) is 24.1 Å². The number of nitrogens with zero attached hydrogens (tertiary/aromatic N) is 2. The lowest BCUT2D eigenvalue weighted by Crippen LogP contribution is -2.52. The highest BCUT2D eigenvalue weighted by molar-refractivity contribution is 5.48. The van der Waals surface area contributed by atoms with E-state index in [0.29, 0.717) is 0 Å². The molecule has 1 aromatic carbocycles. The summed E-state index contributed by atoms with van der Waals surface area (Å²) < 4.78 is 0. The zero-order chi connectivity index (χ0) is 14.1. The standard InChI is InChI=1S/C17H26N2O/c1-13(20)14-5-7-16(8-6-14)19-11-9-17-15(12-19)4-3-10-18(17)2/h5-8,13,15,17,20H,3-4,9-12H2,1-2H3/t13-,15?,17?/m0/s1. The van der Waals surface area contributed by atoms with E-state index >= 15 is 0 Å². The van der Waals surface area contributed by atoms with Crippen LogP contribution in [0, 0.1) is 5.92 Å². The topological polar surface area (TPSA) is 26.7 Å². The van der Waals surface area contributed by atoms with Crippen LogP contribution < -0.4 is 4.90 Å². The summed E-state index contributed by atoms with van der Waals surface area (Å²) in [6.45, 7) is 5.42. The number of anilines is 1. The maximum Gasteiger partial charge on any atom is 0.0761 e. The van der Waals surface area contributed by atoms with Crippen molar-refractivity contribution in [1.29, 1.82) is 0 Å². The largest absolute Gasteiger partial charge is 0.389 e. The molecule has 1 aromatic rings. The van der Waals surface area contributed by atoms with Crippen LogP contribution in [0.2, 0.25) is 0 Å². The molecule has 0 aromatic heterocycles. The van der Waals surface area contributed by atoms with Crippen LogP contribution in [-0.4, -0.2) is 42.7 Å². The summed E-state index contributed by atoms with van der Waals surface area (Å²) in [5, 5.41) is 9.59. The summed E-state index contributed by atoms with van der Waals surface area (Å²) in [5.74, 6) is 0.818. The van der Waals surface area contributed by atoms with Gasteiger partial charge in [0.2, 0.25) is 0 Å². The molecule has 3 atom stereocenters. The summed E-state index contributed by atoms with van der Waals surface area (Å²) >= 11 is 0. The van der Waals surface area contributed by atoms with E-state index < -0.39 is 0 Å². The predicted octanol–water partition coefficient (Wildman–Crippen LogP) is 2.66. The van der Waals surface area contributed by atoms with E-state index in [1.165, 1.54) is 38.0 Å². The molecular weight excluding hydrogens is 248 g/mol. The van der Waals surface area contributed by atoms with Gasteiger partial charge in [-0.1, -0.05) is 12.1 Å². The SMILES string of the molecule is C[C@H](O)c1ccc(N2CCC3C(CCCN3C)C2)cc1.